The molecule has 0 aliphatic heterocycles. The summed E-state index contributed by atoms with van der Waals surface area (Å²) >= 11 is 3.35. The highest BCUT2D eigenvalue weighted by Crippen LogP contribution is 2.29. The standard InChI is InChI=1S/C14H16BrNO3/c1-4-5-16-14(18)10(3)19-13-9(2)6-12(15)7-11(13)8-17/h1,6-7,10,17H,5,8H2,2-3H3,(H,16,18). The molecule has 0 heterocycles. The normalized spacial score (nSPS) is 11.5. The molecule has 19 heavy (non-hydrogen) atoms. The van der Waals surface area contributed by atoms with Gasteiger partial charge < -0.3 is 15.2 Å². The predicted molar refractivity (Wildman–Crippen MR) is 76.7 cm³/mol. The summed E-state index contributed by atoms with van der Waals surface area (Å²) in [5, 5.41) is 11.9. The van der Waals surface area contributed by atoms with E-state index in [4.69, 9.17) is 11.2 Å². The van der Waals surface area contributed by atoms with E-state index in [-0.39, 0.29) is 19.1 Å². The van der Waals surface area contributed by atoms with Crippen LogP contribution in [0.2, 0.25) is 0 Å². The number of carbonyl (C=O) groups excluding carboxylic acids is 1. The lowest BCUT2D eigenvalue weighted by Crippen LogP contribution is -2.36. The Labute approximate surface area is 121 Å². The quantitative estimate of drug-likeness (QED) is 0.811. The number of benzene rings is 1. The maximum absolute atomic E-state index is 11.7. The molecule has 5 heteroatoms. The number of hydrogen-bond acceptors (Lipinski definition) is 3. The first-order valence-electron chi connectivity index (χ1n) is 5.77. The van der Waals surface area contributed by atoms with Crippen LogP contribution < -0.4 is 10.1 Å². The summed E-state index contributed by atoms with van der Waals surface area (Å²) in [5.41, 5.74) is 1.47. The van der Waals surface area contributed by atoms with Crippen LogP contribution in [-0.4, -0.2) is 23.7 Å². The lowest BCUT2D eigenvalue weighted by Gasteiger charge is -2.18. The summed E-state index contributed by atoms with van der Waals surface area (Å²) in [7, 11) is 0. The van der Waals surface area contributed by atoms with Gasteiger partial charge in [-0.15, -0.1) is 6.42 Å². The van der Waals surface area contributed by atoms with Gasteiger partial charge in [-0.2, -0.15) is 0 Å². The second-order valence-electron chi connectivity index (χ2n) is 4.05. The van der Waals surface area contributed by atoms with Crippen molar-refractivity contribution in [1.29, 1.82) is 0 Å². The Hall–Kier alpha value is -1.51. The summed E-state index contributed by atoms with van der Waals surface area (Å²) in [5.74, 6) is 2.56. The number of aliphatic hydroxyl groups excluding tert-OH is 1. The molecule has 0 aliphatic rings. The number of halogens is 1. The first-order chi connectivity index (χ1) is 8.99. The van der Waals surface area contributed by atoms with Gasteiger partial charge in [0.05, 0.1) is 13.2 Å². The highest BCUT2D eigenvalue weighted by atomic mass is 79.9. The monoisotopic (exact) mass is 325 g/mol. The summed E-state index contributed by atoms with van der Waals surface area (Å²) in [4.78, 5) is 11.7. The van der Waals surface area contributed by atoms with Crippen LogP contribution in [0.25, 0.3) is 0 Å². The number of amides is 1. The van der Waals surface area contributed by atoms with Crippen LogP contribution in [0.3, 0.4) is 0 Å². The Morgan fingerprint density at radius 1 is 1.63 bits per heavy atom. The summed E-state index contributed by atoms with van der Waals surface area (Å²) in [6.45, 7) is 3.49. The van der Waals surface area contributed by atoms with Crippen molar-refractivity contribution < 1.29 is 14.6 Å². The van der Waals surface area contributed by atoms with Crippen LogP contribution in [0.4, 0.5) is 0 Å². The number of aryl methyl sites for hydroxylation is 1. The van der Waals surface area contributed by atoms with Crippen LogP contribution in [0.5, 0.6) is 5.75 Å². The number of hydrogen-bond donors (Lipinski definition) is 2. The minimum absolute atomic E-state index is 0.158. The number of ether oxygens (including phenoxy) is 1. The van der Waals surface area contributed by atoms with Gasteiger partial charge >= 0.3 is 0 Å². The molecule has 0 saturated carbocycles. The zero-order valence-electron chi connectivity index (χ0n) is 10.9. The van der Waals surface area contributed by atoms with Crippen LogP contribution >= 0.6 is 15.9 Å². The van der Waals surface area contributed by atoms with Gasteiger partial charge in [-0.3, -0.25) is 4.79 Å². The molecule has 1 atom stereocenters. The largest absolute Gasteiger partial charge is 0.480 e. The molecule has 0 saturated heterocycles. The molecule has 1 unspecified atom stereocenters. The smallest absolute Gasteiger partial charge is 0.261 e. The Bertz CT molecular complexity index is 508. The maximum Gasteiger partial charge on any atom is 0.261 e. The van der Waals surface area contributed by atoms with Gasteiger partial charge in [-0.05, 0) is 31.5 Å². The van der Waals surface area contributed by atoms with Crippen molar-refractivity contribution in [2.75, 3.05) is 6.54 Å². The molecular weight excluding hydrogens is 310 g/mol. The molecule has 0 radical (unpaired) electrons. The Morgan fingerprint density at radius 2 is 2.32 bits per heavy atom. The fourth-order valence-corrected chi connectivity index (χ4v) is 2.22. The fourth-order valence-electron chi connectivity index (χ4n) is 1.60. The summed E-state index contributed by atoms with van der Waals surface area (Å²) in [6, 6.07) is 3.62. The first-order valence-corrected chi connectivity index (χ1v) is 6.56. The third-order valence-electron chi connectivity index (χ3n) is 2.52. The van der Waals surface area contributed by atoms with E-state index < -0.39 is 6.10 Å². The van der Waals surface area contributed by atoms with Crippen LogP contribution in [0.15, 0.2) is 16.6 Å². The lowest BCUT2D eigenvalue weighted by atomic mass is 10.1. The summed E-state index contributed by atoms with van der Waals surface area (Å²) in [6.07, 6.45) is 4.39. The minimum atomic E-state index is -0.682. The van der Waals surface area contributed by atoms with Crippen molar-refractivity contribution >= 4 is 21.8 Å². The van der Waals surface area contributed by atoms with Crippen molar-refractivity contribution in [1.82, 2.24) is 5.32 Å². The van der Waals surface area contributed by atoms with Gasteiger partial charge in [0.1, 0.15) is 5.75 Å². The van der Waals surface area contributed by atoms with E-state index >= 15 is 0 Å². The molecule has 2 N–H and O–H groups in total. The van der Waals surface area contributed by atoms with Crippen LogP contribution in [0, 0.1) is 19.3 Å². The fraction of sp³-hybridized carbons (Fsp3) is 0.357. The van der Waals surface area contributed by atoms with Crippen molar-refractivity contribution in [3.63, 3.8) is 0 Å². The third-order valence-corrected chi connectivity index (χ3v) is 2.97. The highest BCUT2D eigenvalue weighted by molar-refractivity contribution is 9.10. The molecule has 1 rings (SSSR count). The lowest BCUT2D eigenvalue weighted by molar-refractivity contribution is -0.127. The molecule has 1 aromatic rings. The zero-order chi connectivity index (χ0) is 14.4. The van der Waals surface area contributed by atoms with E-state index in [1.54, 1.807) is 13.0 Å². The molecule has 1 amide bonds. The molecular formula is C14H16BrNO3. The molecule has 0 aromatic heterocycles. The first kappa shape index (κ1) is 15.5. The summed E-state index contributed by atoms with van der Waals surface area (Å²) < 4.78 is 6.47. The van der Waals surface area contributed by atoms with Gasteiger partial charge in [-0.25, -0.2) is 0 Å². The Balaban J connectivity index is 2.87. The number of rotatable bonds is 5. The maximum atomic E-state index is 11.7. The van der Waals surface area contributed by atoms with Crippen molar-refractivity contribution in [2.24, 2.45) is 0 Å². The van der Waals surface area contributed by atoms with Crippen LogP contribution in [-0.2, 0) is 11.4 Å². The van der Waals surface area contributed by atoms with E-state index in [2.05, 4.69) is 27.2 Å². The van der Waals surface area contributed by atoms with E-state index in [1.165, 1.54) is 0 Å². The SMILES string of the molecule is C#CCNC(=O)C(C)Oc1c(C)cc(Br)cc1CO. The Morgan fingerprint density at radius 3 is 2.89 bits per heavy atom. The van der Waals surface area contributed by atoms with Gasteiger partial charge in [0.15, 0.2) is 6.10 Å². The molecule has 0 aliphatic carbocycles. The van der Waals surface area contributed by atoms with Crippen molar-refractivity contribution in [3.8, 4) is 18.1 Å². The minimum Gasteiger partial charge on any atom is -0.480 e. The number of aliphatic hydroxyl groups is 1. The average Bonchev–Trinajstić information content (AvgIpc) is 2.38. The van der Waals surface area contributed by atoms with Gasteiger partial charge in [0.25, 0.3) is 5.91 Å². The van der Waals surface area contributed by atoms with Crippen molar-refractivity contribution in [2.45, 2.75) is 26.6 Å². The highest BCUT2D eigenvalue weighted by Gasteiger charge is 2.17. The molecule has 102 valence electrons. The predicted octanol–water partition coefficient (Wildman–Crippen LogP) is 1.77. The van der Waals surface area contributed by atoms with E-state index in [9.17, 15) is 9.90 Å². The van der Waals surface area contributed by atoms with E-state index in [0.717, 1.165) is 10.0 Å². The molecule has 0 bridgehead atoms. The Kier molecular flexibility index (Phi) is 5.87. The van der Waals surface area contributed by atoms with Gasteiger partial charge in [0, 0.05) is 10.0 Å². The van der Waals surface area contributed by atoms with E-state index in [1.807, 2.05) is 13.0 Å². The number of nitrogens with one attached hydrogen (secondary N) is 1. The average molecular weight is 326 g/mol. The molecule has 4 nitrogen and oxygen atoms in total. The topological polar surface area (TPSA) is 58.6 Å². The van der Waals surface area contributed by atoms with Crippen LogP contribution in [0.1, 0.15) is 18.1 Å². The number of terminal acetylenes is 1. The second kappa shape index (κ2) is 7.17. The van der Waals surface area contributed by atoms with Crippen molar-refractivity contribution in [3.05, 3.63) is 27.7 Å². The molecule has 1 aromatic carbocycles. The second-order valence-corrected chi connectivity index (χ2v) is 4.97. The van der Waals surface area contributed by atoms with Gasteiger partial charge in [0.2, 0.25) is 0 Å². The number of carbonyl (C=O) groups is 1. The third kappa shape index (κ3) is 4.27. The van der Waals surface area contributed by atoms with Gasteiger partial charge in [-0.1, -0.05) is 21.9 Å². The zero-order valence-corrected chi connectivity index (χ0v) is 12.5. The van der Waals surface area contributed by atoms with E-state index in [0.29, 0.717) is 11.3 Å². The molecule has 0 fully saturated rings. The molecule has 0 spiro atoms.